The van der Waals surface area contributed by atoms with Crippen molar-refractivity contribution in [1.29, 1.82) is 0 Å². The van der Waals surface area contributed by atoms with E-state index in [0.29, 0.717) is 5.69 Å². The molecule has 1 aromatic rings. The fourth-order valence-corrected chi connectivity index (χ4v) is 1.51. The minimum Gasteiger partial charge on any atom is -0.268 e. The molecule has 0 aliphatic heterocycles. The van der Waals surface area contributed by atoms with Gasteiger partial charge in [0.25, 0.3) is 0 Å². The van der Waals surface area contributed by atoms with Crippen LogP contribution in [0.1, 0.15) is 52.9 Å². The maximum atomic E-state index is 7.18. The van der Waals surface area contributed by atoms with Crippen LogP contribution in [0.4, 0.5) is 5.69 Å². The minimum absolute atomic E-state index is 0.0283. The van der Waals surface area contributed by atoms with Crippen LogP contribution in [-0.2, 0) is 10.8 Å². The van der Waals surface area contributed by atoms with Crippen LogP contribution in [0.2, 0.25) is 0 Å². The van der Waals surface area contributed by atoms with Crippen molar-refractivity contribution in [3.05, 3.63) is 34.9 Å². The highest BCUT2D eigenvalue weighted by atomic mass is 14.8. The van der Waals surface area contributed by atoms with Crippen molar-refractivity contribution < 1.29 is 0 Å². The van der Waals surface area contributed by atoms with Crippen molar-refractivity contribution in [3.63, 3.8) is 0 Å². The van der Waals surface area contributed by atoms with Gasteiger partial charge in [-0.2, -0.15) is 0 Å². The molecular weight excluding hydrogens is 196 g/mol. The van der Waals surface area contributed by atoms with Crippen LogP contribution in [0, 0.1) is 6.57 Å². The number of pyridine rings is 1. The summed E-state index contributed by atoms with van der Waals surface area (Å²) in [4.78, 5) is 8.22. The topological polar surface area (TPSA) is 17.2 Å². The number of rotatable bonds is 0. The summed E-state index contributed by atoms with van der Waals surface area (Å²) in [5.41, 5.74) is 2.56. The molecule has 86 valence electrons. The van der Waals surface area contributed by atoms with Crippen LogP contribution >= 0.6 is 0 Å². The van der Waals surface area contributed by atoms with Crippen molar-refractivity contribution in [2.45, 2.75) is 52.4 Å². The van der Waals surface area contributed by atoms with Crippen LogP contribution in [0.3, 0.4) is 0 Å². The predicted molar refractivity (Wildman–Crippen MR) is 67.9 cm³/mol. The first-order chi connectivity index (χ1) is 7.16. The average Bonchev–Trinajstić information content (AvgIpc) is 2.14. The highest BCUT2D eigenvalue weighted by Crippen LogP contribution is 2.32. The molecule has 0 fully saturated rings. The normalized spacial score (nSPS) is 12.3. The van der Waals surface area contributed by atoms with Gasteiger partial charge in [-0.05, 0) is 5.41 Å². The standard InChI is InChI=1S/C14H20N2/c1-13(2,3)11-9-8-10(15-7)12(16-11)14(4,5)6/h8-9H,1-6H3. The molecule has 1 rings (SSSR count). The second-order valence-corrected chi connectivity index (χ2v) is 6.18. The molecule has 0 saturated carbocycles. The van der Waals surface area contributed by atoms with E-state index >= 15 is 0 Å². The van der Waals surface area contributed by atoms with Gasteiger partial charge in [0.2, 0.25) is 5.69 Å². The molecule has 0 aromatic carbocycles. The summed E-state index contributed by atoms with van der Waals surface area (Å²) in [6, 6.07) is 3.85. The number of aromatic nitrogens is 1. The summed E-state index contributed by atoms with van der Waals surface area (Å²) in [6.07, 6.45) is 0. The maximum Gasteiger partial charge on any atom is 0.208 e. The Bertz CT molecular complexity index is 426. The van der Waals surface area contributed by atoms with E-state index in [1.165, 1.54) is 0 Å². The maximum absolute atomic E-state index is 7.18. The lowest BCUT2D eigenvalue weighted by molar-refractivity contribution is 0.533. The Labute approximate surface area is 98.5 Å². The molecule has 16 heavy (non-hydrogen) atoms. The zero-order valence-electron chi connectivity index (χ0n) is 11.0. The summed E-state index contributed by atoms with van der Waals surface area (Å²) < 4.78 is 0. The molecular formula is C14H20N2. The van der Waals surface area contributed by atoms with Gasteiger partial charge in [0.1, 0.15) is 0 Å². The SMILES string of the molecule is [C-]#[N+]c1ccc(C(C)(C)C)nc1C(C)(C)C. The molecule has 0 unspecified atom stereocenters. The summed E-state index contributed by atoms with van der Waals surface area (Å²) in [7, 11) is 0. The van der Waals surface area contributed by atoms with Crippen LogP contribution in [0.15, 0.2) is 12.1 Å². The van der Waals surface area contributed by atoms with E-state index in [-0.39, 0.29) is 10.8 Å². The highest BCUT2D eigenvalue weighted by molar-refractivity contribution is 5.52. The molecule has 2 nitrogen and oxygen atoms in total. The Morgan fingerprint density at radius 3 is 1.94 bits per heavy atom. The zero-order valence-corrected chi connectivity index (χ0v) is 11.0. The van der Waals surface area contributed by atoms with Crippen LogP contribution in [0.5, 0.6) is 0 Å². The van der Waals surface area contributed by atoms with Gasteiger partial charge >= 0.3 is 0 Å². The lowest BCUT2D eigenvalue weighted by Gasteiger charge is -2.24. The summed E-state index contributed by atoms with van der Waals surface area (Å²) in [5.74, 6) is 0. The molecule has 0 radical (unpaired) electrons. The number of nitrogens with zero attached hydrogens (tertiary/aromatic N) is 2. The molecule has 0 amide bonds. The summed E-state index contributed by atoms with van der Waals surface area (Å²) in [6.45, 7) is 19.9. The first kappa shape index (κ1) is 12.7. The molecule has 2 heteroatoms. The summed E-state index contributed by atoms with van der Waals surface area (Å²) in [5, 5.41) is 0. The second-order valence-electron chi connectivity index (χ2n) is 6.18. The number of hydrogen-bond acceptors (Lipinski definition) is 1. The molecule has 0 N–H and O–H groups in total. The molecule has 0 spiro atoms. The average molecular weight is 216 g/mol. The largest absolute Gasteiger partial charge is 0.268 e. The molecule has 1 aromatic heterocycles. The van der Waals surface area contributed by atoms with Crippen LogP contribution in [-0.4, -0.2) is 4.98 Å². The van der Waals surface area contributed by atoms with E-state index in [2.05, 4.69) is 51.4 Å². The third kappa shape index (κ3) is 2.61. The fourth-order valence-electron chi connectivity index (χ4n) is 1.51. The van der Waals surface area contributed by atoms with E-state index in [0.717, 1.165) is 11.4 Å². The lowest BCUT2D eigenvalue weighted by Crippen LogP contribution is -2.19. The summed E-state index contributed by atoms with van der Waals surface area (Å²) >= 11 is 0. The van der Waals surface area contributed by atoms with Crippen molar-refractivity contribution >= 4 is 5.69 Å². The third-order valence-corrected chi connectivity index (χ3v) is 2.47. The first-order valence-corrected chi connectivity index (χ1v) is 5.56. The van der Waals surface area contributed by atoms with Gasteiger partial charge in [0, 0.05) is 11.1 Å². The van der Waals surface area contributed by atoms with Crippen LogP contribution < -0.4 is 0 Å². The molecule has 1 heterocycles. The Morgan fingerprint density at radius 1 is 1.00 bits per heavy atom. The van der Waals surface area contributed by atoms with Gasteiger partial charge in [0.05, 0.1) is 12.3 Å². The quantitative estimate of drug-likeness (QED) is 0.593. The Hall–Kier alpha value is -1.36. The number of hydrogen-bond donors (Lipinski definition) is 0. The zero-order chi connectivity index (χ0) is 12.6. The Morgan fingerprint density at radius 2 is 1.56 bits per heavy atom. The Kier molecular flexibility index (Phi) is 3.10. The van der Waals surface area contributed by atoms with E-state index in [1.807, 2.05) is 12.1 Å². The first-order valence-electron chi connectivity index (χ1n) is 5.56. The van der Waals surface area contributed by atoms with E-state index in [1.54, 1.807) is 0 Å². The van der Waals surface area contributed by atoms with Crippen molar-refractivity contribution in [2.75, 3.05) is 0 Å². The van der Waals surface area contributed by atoms with Gasteiger partial charge in [-0.15, -0.1) is 0 Å². The van der Waals surface area contributed by atoms with E-state index < -0.39 is 0 Å². The van der Waals surface area contributed by atoms with Crippen molar-refractivity contribution in [3.8, 4) is 0 Å². The highest BCUT2D eigenvalue weighted by Gasteiger charge is 2.23. The molecule has 0 aliphatic rings. The smallest absolute Gasteiger partial charge is 0.208 e. The molecule has 0 atom stereocenters. The van der Waals surface area contributed by atoms with E-state index in [9.17, 15) is 0 Å². The monoisotopic (exact) mass is 216 g/mol. The Balaban J connectivity index is 3.41. The molecule has 0 bridgehead atoms. The van der Waals surface area contributed by atoms with Gasteiger partial charge in [-0.1, -0.05) is 53.7 Å². The van der Waals surface area contributed by atoms with Crippen molar-refractivity contribution in [1.82, 2.24) is 4.98 Å². The van der Waals surface area contributed by atoms with Gasteiger partial charge in [0.15, 0.2) is 0 Å². The van der Waals surface area contributed by atoms with Gasteiger partial charge in [-0.3, -0.25) is 4.98 Å². The second kappa shape index (κ2) is 3.90. The van der Waals surface area contributed by atoms with Gasteiger partial charge in [-0.25, -0.2) is 4.85 Å². The van der Waals surface area contributed by atoms with Crippen molar-refractivity contribution in [2.24, 2.45) is 0 Å². The molecule has 0 saturated heterocycles. The fraction of sp³-hybridized carbons (Fsp3) is 0.571. The predicted octanol–water partition coefficient (Wildman–Crippen LogP) is 4.23. The third-order valence-electron chi connectivity index (χ3n) is 2.47. The minimum atomic E-state index is -0.0822. The lowest BCUT2D eigenvalue weighted by atomic mass is 9.87. The van der Waals surface area contributed by atoms with Crippen LogP contribution in [0.25, 0.3) is 4.85 Å². The van der Waals surface area contributed by atoms with Gasteiger partial charge < -0.3 is 0 Å². The van der Waals surface area contributed by atoms with E-state index in [4.69, 9.17) is 6.57 Å². The molecule has 0 aliphatic carbocycles.